The van der Waals surface area contributed by atoms with Gasteiger partial charge < -0.3 is 10.2 Å². The zero-order valence-corrected chi connectivity index (χ0v) is 25.6. The van der Waals surface area contributed by atoms with Crippen LogP contribution in [0.25, 0.3) is 0 Å². The van der Waals surface area contributed by atoms with Gasteiger partial charge in [0.2, 0.25) is 0 Å². The highest BCUT2D eigenvalue weighted by Gasteiger charge is 2.71. The van der Waals surface area contributed by atoms with Gasteiger partial charge in [-0.15, -0.1) is 0 Å². The lowest BCUT2D eigenvalue weighted by molar-refractivity contribution is -0.244. The molecule has 8 heteroatoms. The molecule has 5 aliphatic carbocycles. The second kappa shape index (κ2) is 9.60. The molecule has 0 radical (unpaired) electrons. The van der Waals surface area contributed by atoms with Gasteiger partial charge in [0, 0.05) is 12.0 Å². The lowest BCUT2D eigenvalue weighted by Gasteiger charge is -2.73. The van der Waals surface area contributed by atoms with E-state index in [9.17, 15) is 23.5 Å². The third-order valence-corrected chi connectivity index (χ3v) is 14.7. The summed E-state index contributed by atoms with van der Waals surface area (Å²) in [5.41, 5.74) is 0.497. The molecule has 0 saturated heterocycles. The summed E-state index contributed by atoms with van der Waals surface area (Å²) in [4.78, 5) is 11.8. The fourth-order valence-electron chi connectivity index (χ4n) is 12.0. The lowest BCUT2D eigenvalue weighted by Crippen LogP contribution is -2.67. The summed E-state index contributed by atoms with van der Waals surface area (Å²) in [6, 6.07) is -0.323. The van der Waals surface area contributed by atoms with Crippen LogP contribution in [-0.4, -0.2) is 50.7 Å². The number of nitroso groups, excluding NO2 is 1. The number of rotatable bonds is 7. The van der Waals surface area contributed by atoms with Gasteiger partial charge in [-0.05, 0) is 121 Å². The van der Waals surface area contributed by atoms with E-state index in [2.05, 4.69) is 39.5 Å². The van der Waals surface area contributed by atoms with E-state index < -0.39 is 15.5 Å². The second-order valence-electron chi connectivity index (χ2n) is 15.3. The molecule has 7 nitrogen and oxygen atoms in total. The van der Waals surface area contributed by atoms with Crippen molar-refractivity contribution in [2.24, 2.45) is 61.8 Å². The van der Waals surface area contributed by atoms with Gasteiger partial charge in [0.05, 0.1) is 25.5 Å². The molecule has 0 spiro atoms. The smallest absolute Gasteiger partial charge is 0.264 e. The van der Waals surface area contributed by atoms with E-state index in [-0.39, 0.29) is 65.3 Å². The molecule has 0 bridgehead atoms. The summed E-state index contributed by atoms with van der Waals surface area (Å²) in [7, 11) is -3.55. The minimum atomic E-state index is -3.55. The molecule has 5 rings (SSSR count). The molecule has 222 valence electrons. The average molecular weight is 566 g/mol. The summed E-state index contributed by atoms with van der Waals surface area (Å²) < 4.78 is 28.7. The molecule has 2 N–H and O–H groups in total. The molecule has 0 aromatic carbocycles. The van der Waals surface area contributed by atoms with Crippen LogP contribution in [0.1, 0.15) is 91.9 Å². The standard InChI is InChI=1S/C31H51NO6S/c1-20(17-38-39(6,36)37)21-9-14-31(19-34)16-15-29(4)22(26(21)31)7-8-24-27(2)12-11-25(32-35)28(3,18-33)23(27)10-13-30(24,29)5/h21-26,33-34H,1,7-19H2,2-6H3/t21-,22+,23+,24+,25?,26+,27-,28?,29+,30+,31+/m0/s1. The van der Waals surface area contributed by atoms with Crippen molar-refractivity contribution >= 4 is 10.1 Å². The van der Waals surface area contributed by atoms with Crippen molar-refractivity contribution < 1.29 is 22.8 Å². The fourth-order valence-corrected chi connectivity index (χ4v) is 12.3. The summed E-state index contributed by atoms with van der Waals surface area (Å²) in [5, 5.41) is 24.9. The van der Waals surface area contributed by atoms with Gasteiger partial charge >= 0.3 is 0 Å². The number of nitrogens with zero attached hydrogens (tertiary/aromatic N) is 1. The number of fused-ring (bicyclic) bond motifs is 7. The van der Waals surface area contributed by atoms with Gasteiger partial charge in [0.15, 0.2) is 0 Å². The first-order chi connectivity index (χ1) is 18.2. The number of aliphatic hydroxyl groups excluding tert-OH is 2. The summed E-state index contributed by atoms with van der Waals surface area (Å²) in [6.45, 7) is 14.1. The Hall–Kier alpha value is -0.830. The third-order valence-electron chi connectivity index (χ3n) is 14.2. The number of aliphatic hydroxyl groups is 2. The van der Waals surface area contributed by atoms with Crippen LogP contribution in [0.2, 0.25) is 0 Å². The Morgan fingerprint density at radius 1 is 0.897 bits per heavy atom. The van der Waals surface area contributed by atoms with Crippen molar-refractivity contribution in [3.63, 3.8) is 0 Å². The van der Waals surface area contributed by atoms with E-state index >= 15 is 0 Å². The Kier molecular flexibility index (Phi) is 7.30. The van der Waals surface area contributed by atoms with Crippen LogP contribution in [0.15, 0.2) is 17.3 Å². The van der Waals surface area contributed by atoms with Crippen LogP contribution >= 0.6 is 0 Å². The van der Waals surface area contributed by atoms with Crippen LogP contribution in [0, 0.1) is 61.6 Å². The zero-order chi connectivity index (χ0) is 28.6. The van der Waals surface area contributed by atoms with Gasteiger partial charge in [-0.1, -0.05) is 39.5 Å². The minimum absolute atomic E-state index is 0.00737. The van der Waals surface area contributed by atoms with Crippen molar-refractivity contribution in [3.8, 4) is 0 Å². The highest BCUT2D eigenvalue weighted by atomic mass is 32.2. The van der Waals surface area contributed by atoms with Crippen LogP contribution < -0.4 is 0 Å². The first kappa shape index (κ1) is 29.7. The van der Waals surface area contributed by atoms with Crippen LogP contribution in [-0.2, 0) is 14.3 Å². The largest absolute Gasteiger partial charge is 0.396 e. The van der Waals surface area contributed by atoms with Gasteiger partial charge in [0.25, 0.3) is 10.1 Å². The van der Waals surface area contributed by atoms with E-state index in [0.29, 0.717) is 11.8 Å². The highest BCUT2D eigenvalue weighted by Crippen LogP contribution is 2.77. The Bertz CT molecular complexity index is 1110. The Morgan fingerprint density at radius 2 is 1.62 bits per heavy atom. The quantitative estimate of drug-likeness (QED) is 0.233. The maximum absolute atomic E-state index is 11.8. The van der Waals surface area contributed by atoms with E-state index in [1.807, 2.05) is 0 Å². The molecule has 0 aromatic heterocycles. The first-order valence-electron chi connectivity index (χ1n) is 15.2. The first-order valence-corrected chi connectivity index (χ1v) is 17.0. The fraction of sp³-hybridized carbons (Fsp3) is 0.935. The Labute approximate surface area is 235 Å². The van der Waals surface area contributed by atoms with Gasteiger partial charge in [-0.25, -0.2) is 0 Å². The lowest BCUT2D eigenvalue weighted by atomic mass is 9.32. The van der Waals surface area contributed by atoms with Gasteiger partial charge in [-0.2, -0.15) is 13.3 Å². The Balaban J connectivity index is 1.49. The summed E-state index contributed by atoms with van der Waals surface area (Å²) in [5.74, 6) is 1.64. The maximum Gasteiger partial charge on any atom is 0.264 e. The topological polar surface area (TPSA) is 113 Å². The molecule has 5 saturated carbocycles. The summed E-state index contributed by atoms with van der Waals surface area (Å²) in [6.07, 6.45) is 11.1. The van der Waals surface area contributed by atoms with E-state index in [4.69, 9.17) is 4.18 Å². The molecule has 0 aliphatic heterocycles. The second-order valence-corrected chi connectivity index (χ2v) is 17.0. The van der Waals surface area contributed by atoms with E-state index in [1.54, 1.807) is 0 Å². The molecule has 0 aromatic rings. The molecule has 5 aliphatic rings. The molecule has 0 heterocycles. The zero-order valence-electron chi connectivity index (χ0n) is 24.7. The number of hydrogen-bond donors (Lipinski definition) is 2. The molecule has 39 heavy (non-hydrogen) atoms. The third kappa shape index (κ3) is 4.08. The molecule has 11 atom stereocenters. The Morgan fingerprint density at radius 3 is 2.23 bits per heavy atom. The van der Waals surface area contributed by atoms with Crippen LogP contribution in [0.4, 0.5) is 0 Å². The average Bonchev–Trinajstić information content (AvgIpc) is 3.27. The molecular formula is C31H51NO6S. The van der Waals surface area contributed by atoms with Gasteiger partial charge in [0.1, 0.15) is 0 Å². The molecule has 5 fully saturated rings. The predicted molar refractivity (Wildman–Crippen MR) is 152 cm³/mol. The normalized spacial score (nSPS) is 51.3. The van der Waals surface area contributed by atoms with Crippen molar-refractivity contribution in [1.82, 2.24) is 0 Å². The molecular weight excluding hydrogens is 514 g/mol. The predicted octanol–water partition coefficient (Wildman–Crippen LogP) is 5.70. The molecule has 0 amide bonds. The van der Waals surface area contributed by atoms with Crippen molar-refractivity contribution in [2.45, 2.75) is 97.9 Å². The van der Waals surface area contributed by atoms with Crippen LogP contribution in [0.3, 0.4) is 0 Å². The minimum Gasteiger partial charge on any atom is -0.396 e. The molecule has 2 unspecified atom stereocenters. The van der Waals surface area contributed by atoms with Crippen LogP contribution in [0.5, 0.6) is 0 Å². The maximum atomic E-state index is 11.8. The highest BCUT2D eigenvalue weighted by molar-refractivity contribution is 7.86. The monoisotopic (exact) mass is 565 g/mol. The van der Waals surface area contributed by atoms with E-state index in [1.165, 1.54) is 0 Å². The van der Waals surface area contributed by atoms with Gasteiger partial charge in [-0.3, -0.25) is 4.18 Å². The van der Waals surface area contributed by atoms with Crippen molar-refractivity contribution in [3.05, 3.63) is 17.1 Å². The van der Waals surface area contributed by atoms with Crippen molar-refractivity contribution in [2.75, 3.05) is 26.1 Å². The van der Waals surface area contributed by atoms with E-state index in [0.717, 1.165) is 76.0 Å². The summed E-state index contributed by atoms with van der Waals surface area (Å²) >= 11 is 0. The SMILES string of the molecule is C=C(COS(C)(=O)=O)[C@@H]1CC[C@]2(CO)CC[C@]3(C)[C@H](CC[C@@H]4[C@@]5(C)CCC(N=O)C(C)(CO)[C@@H]5CC[C@]43C)[C@@H]12. The van der Waals surface area contributed by atoms with Crippen molar-refractivity contribution in [1.29, 1.82) is 0 Å². The number of hydrogen-bond acceptors (Lipinski definition) is 7.